The second-order valence-corrected chi connectivity index (χ2v) is 7.54. The summed E-state index contributed by atoms with van der Waals surface area (Å²) in [5, 5.41) is 2.14. The zero-order chi connectivity index (χ0) is 18.1. The van der Waals surface area contributed by atoms with Gasteiger partial charge < -0.3 is 9.64 Å². The van der Waals surface area contributed by atoms with Crippen LogP contribution < -0.4 is 4.74 Å². The van der Waals surface area contributed by atoms with Crippen LogP contribution in [0, 0.1) is 6.92 Å². The van der Waals surface area contributed by atoms with Crippen molar-refractivity contribution in [2.45, 2.75) is 19.4 Å². The summed E-state index contributed by atoms with van der Waals surface area (Å²) in [6.07, 6.45) is 0.914. The summed E-state index contributed by atoms with van der Waals surface area (Å²) in [5.74, 6) is 0.827. The van der Waals surface area contributed by atoms with Crippen LogP contribution in [0.2, 0.25) is 0 Å². The van der Waals surface area contributed by atoms with Crippen LogP contribution in [0.5, 0.6) is 5.75 Å². The Labute approximate surface area is 157 Å². The molecule has 2 aromatic carbocycles. The van der Waals surface area contributed by atoms with Gasteiger partial charge in [-0.15, -0.1) is 11.3 Å². The van der Waals surface area contributed by atoms with E-state index in [-0.39, 0.29) is 11.9 Å². The van der Waals surface area contributed by atoms with Crippen LogP contribution in [-0.2, 0) is 6.42 Å². The summed E-state index contributed by atoms with van der Waals surface area (Å²) >= 11 is 1.79. The first kappa shape index (κ1) is 16.9. The van der Waals surface area contributed by atoms with Gasteiger partial charge in [0.1, 0.15) is 5.75 Å². The lowest BCUT2D eigenvalue weighted by molar-refractivity contribution is 0.0695. The third-order valence-electron chi connectivity index (χ3n) is 5.05. The fourth-order valence-electron chi connectivity index (χ4n) is 3.66. The number of carbonyl (C=O) groups excluding carboxylic acids is 1. The summed E-state index contributed by atoms with van der Waals surface area (Å²) in [7, 11) is 1.63. The number of ether oxygens (including phenoxy) is 1. The van der Waals surface area contributed by atoms with Crippen molar-refractivity contribution in [2.75, 3.05) is 13.7 Å². The van der Waals surface area contributed by atoms with E-state index in [4.69, 9.17) is 4.74 Å². The average molecular weight is 363 g/mol. The molecule has 0 unspecified atom stereocenters. The average Bonchev–Trinajstić information content (AvgIpc) is 3.16. The Balaban J connectivity index is 1.76. The van der Waals surface area contributed by atoms with Crippen molar-refractivity contribution in [1.29, 1.82) is 0 Å². The first-order valence-electron chi connectivity index (χ1n) is 8.76. The molecule has 0 bridgehead atoms. The molecule has 0 saturated carbocycles. The number of rotatable bonds is 3. The van der Waals surface area contributed by atoms with Crippen molar-refractivity contribution in [3.8, 4) is 5.75 Å². The van der Waals surface area contributed by atoms with Crippen molar-refractivity contribution in [2.24, 2.45) is 0 Å². The molecule has 0 saturated heterocycles. The third kappa shape index (κ3) is 2.90. The maximum absolute atomic E-state index is 13.3. The highest BCUT2D eigenvalue weighted by atomic mass is 32.1. The third-order valence-corrected chi connectivity index (χ3v) is 6.04. The van der Waals surface area contributed by atoms with E-state index in [2.05, 4.69) is 36.6 Å². The summed E-state index contributed by atoms with van der Waals surface area (Å²) in [4.78, 5) is 16.7. The Morgan fingerprint density at radius 1 is 1.08 bits per heavy atom. The molecule has 1 amide bonds. The number of hydrogen-bond donors (Lipinski definition) is 0. The number of aryl methyl sites for hydroxylation is 1. The lowest BCUT2D eigenvalue weighted by Crippen LogP contribution is -2.40. The van der Waals surface area contributed by atoms with Gasteiger partial charge in [0, 0.05) is 17.0 Å². The molecular weight excluding hydrogens is 342 g/mol. The molecule has 3 nitrogen and oxygen atoms in total. The van der Waals surface area contributed by atoms with Crippen molar-refractivity contribution in [3.05, 3.63) is 87.1 Å². The number of carbonyl (C=O) groups is 1. The Bertz CT molecular complexity index is 929. The van der Waals surface area contributed by atoms with E-state index in [0.717, 1.165) is 18.7 Å². The van der Waals surface area contributed by atoms with Crippen molar-refractivity contribution < 1.29 is 9.53 Å². The number of thiophene rings is 1. The van der Waals surface area contributed by atoms with Gasteiger partial charge in [0.2, 0.25) is 0 Å². The van der Waals surface area contributed by atoms with Gasteiger partial charge in [0.05, 0.1) is 13.2 Å². The standard InChI is InChI=1S/C22H21NO2S/c1-15-5-3-4-6-18(15)21-19-12-14-26-20(19)11-13-23(21)22(24)16-7-9-17(25-2)10-8-16/h3-10,12,14,21H,11,13H2,1-2H3/t21-/m0/s1. The Kier molecular flexibility index (Phi) is 4.51. The maximum atomic E-state index is 13.3. The number of hydrogen-bond acceptors (Lipinski definition) is 3. The molecule has 0 aliphatic carbocycles. The Morgan fingerprint density at radius 2 is 1.85 bits per heavy atom. The van der Waals surface area contributed by atoms with Gasteiger partial charge in [-0.05, 0) is 65.7 Å². The van der Waals surface area contributed by atoms with Crippen molar-refractivity contribution >= 4 is 17.2 Å². The Morgan fingerprint density at radius 3 is 2.58 bits per heavy atom. The van der Waals surface area contributed by atoms with E-state index in [0.29, 0.717) is 5.56 Å². The number of amides is 1. The first-order valence-corrected chi connectivity index (χ1v) is 9.64. The number of fused-ring (bicyclic) bond motifs is 1. The van der Waals surface area contributed by atoms with Gasteiger partial charge in [-0.25, -0.2) is 0 Å². The minimum absolute atomic E-state index is 0.0270. The van der Waals surface area contributed by atoms with Gasteiger partial charge in [0.25, 0.3) is 5.91 Å². The molecule has 0 radical (unpaired) electrons. The minimum Gasteiger partial charge on any atom is -0.497 e. The normalized spacial score (nSPS) is 16.2. The lowest BCUT2D eigenvalue weighted by Gasteiger charge is -2.37. The second kappa shape index (κ2) is 6.96. The van der Waals surface area contributed by atoms with Crippen LogP contribution >= 0.6 is 11.3 Å². The first-order chi connectivity index (χ1) is 12.7. The van der Waals surface area contributed by atoms with Crippen molar-refractivity contribution in [3.63, 3.8) is 0 Å². The predicted octanol–water partition coefficient (Wildman–Crippen LogP) is 4.85. The molecule has 0 spiro atoms. The monoisotopic (exact) mass is 363 g/mol. The zero-order valence-corrected chi connectivity index (χ0v) is 15.8. The molecule has 4 rings (SSSR count). The molecule has 4 heteroatoms. The van der Waals surface area contributed by atoms with Gasteiger partial charge in [-0.3, -0.25) is 4.79 Å². The molecule has 1 atom stereocenters. The van der Waals surface area contributed by atoms with Crippen LogP contribution in [0.3, 0.4) is 0 Å². The van der Waals surface area contributed by atoms with Crippen LogP contribution in [0.4, 0.5) is 0 Å². The van der Waals surface area contributed by atoms with E-state index in [1.165, 1.54) is 21.6 Å². The van der Waals surface area contributed by atoms with E-state index in [1.807, 2.05) is 35.2 Å². The van der Waals surface area contributed by atoms with Gasteiger partial charge >= 0.3 is 0 Å². The molecule has 1 aromatic heterocycles. The molecule has 26 heavy (non-hydrogen) atoms. The summed E-state index contributed by atoms with van der Waals surface area (Å²) < 4.78 is 5.21. The number of nitrogens with zero attached hydrogens (tertiary/aromatic N) is 1. The van der Waals surface area contributed by atoms with Gasteiger partial charge in [-0.2, -0.15) is 0 Å². The minimum atomic E-state index is -0.0270. The highest BCUT2D eigenvalue weighted by Crippen LogP contribution is 2.39. The highest BCUT2D eigenvalue weighted by Gasteiger charge is 2.33. The molecule has 3 aromatic rings. The fourth-order valence-corrected chi connectivity index (χ4v) is 4.57. The topological polar surface area (TPSA) is 29.5 Å². The van der Waals surface area contributed by atoms with Gasteiger partial charge in [0.15, 0.2) is 0 Å². The fraction of sp³-hybridized carbons (Fsp3) is 0.227. The quantitative estimate of drug-likeness (QED) is 0.665. The second-order valence-electron chi connectivity index (χ2n) is 6.54. The zero-order valence-electron chi connectivity index (χ0n) is 14.9. The summed E-state index contributed by atoms with van der Waals surface area (Å²) in [6.45, 7) is 2.85. The van der Waals surface area contributed by atoms with Gasteiger partial charge in [-0.1, -0.05) is 24.3 Å². The highest BCUT2D eigenvalue weighted by molar-refractivity contribution is 7.10. The molecular formula is C22H21NO2S. The lowest BCUT2D eigenvalue weighted by atomic mass is 9.90. The SMILES string of the molecule is COc1ccc(C(=O)N2CCc3sccc3[C@@H]2c2ccccc2C)cc1. The molecule has 132 valence electrons. The van der Waals surface area contributed by atoms with Crippen LogP contribution in [-0.4, -0.2) is 24.5 Å². The van der Waals surface area contributed by atoms with Crippen LogP contribution in [0.1, 0.15) is 38.0 Å². The number of benzene rings is 2. The Hall–Kier alpha value is -2.59. The van der Waals surface area contributed by atoms with E-state index >= 15 is 0 Å². The molecule has 2 heterocycles. The van der Waals surface area contributed by atoms with Crippen LogP contribution in [0.15, 0.2) is 60.0 Å². The van der Waals surface area contributed by atoms with E-state index in [1.54, 1.807) is 18.4 Å². The van der Waals surface area contributed by atoms with E-state index in [9.17, 15) is 4.79 Å². The molecule has 0 N–H and O–H groups in total. The number of methoxy groups -OCH3 is 1. The molecule has 0 fully saturated rings. The van der Waals surface area contributed by atoms with Crippen molar-refractivity contribution in [1.82, 2.24) is 4.90 Å². The molecule has 1 aliphatic rings. The predicted molar refractivity (Wildman–Crippen MR) is 105 cm³/mol. The summed E-state index contributed by atoms with van der Waals surface area (Å²) in [6, 6.07) is 17.9. The maximum Gasteiger partial charge on any atom is 0.254 e. The van der Waals surface area contributed by atoms with E-state index < -0.39 is 0 Å². The smallest absolute Gasteiger partial charge is 0.254 e. The molecule has 1 aliphatic heterocycles. The largest absolute Gasteiger partial charge is 0.497 e. The van der Waals surface area contributed by atoms with Crippen LogP contribution in [0.25, 0.3) is 0 Å². The summed E-state index contributed by atoms with van der Waals surface area (Å²) in [5.41, 5.74) is 4.37.